The maximum absolute atomic E-state index is 5.41. The fraction of sp³-hybridized carbons (Fsp3) is 0.333. The Labute approximate surface area is 143 Å². The fourth-order valence-corrected chi connectivity index (χ4v) is 3.57. The van der Waals surface area contributed by atoms with Crippen LogP contribution in [-0.4, -0.2) is 44.3 Å². The summed E-state index contributed by atoms with van der Waals surface area (Å²) in [5.74, 6) is 0. The van der Waals surface area contributed by atoms with Crippen LogP contribution in [0.25, 0.3) is 21.5 Å². The van der Waals surface area contributed by atoms with Gasteiger partial charge in [-0.2, -0.15) is 0 Å². The number of morpholine rings is 1. The van der Waals surface area contributed by atoms with E-state index in [-0.39, 0.29) is 0 Å². The van der Waals surface area contributed by atoms with Gasteiger partial charge in [-0.05, 0) is 33.2 Å². The van der Waals surface area contributed by atoms with E-state index in [1.807, 2.05) is 0 Å². The average molecular weight is 320 g/mol. The molecule has 0 radical (unpaired) electrons. The van der Waals surface area contributed by atoms with Crippen molar-refractivity contribution in [2.75, 3.05) is 39.4 Å². The Bertz CT molecular complexity index is 770. The molecule has 1 saturated heterocycles. The zero-order chi connectivity index (χ0) is 16.2. The van der Waals surface area contributed by atoms with E-state index in [0.717, 1.165) is 45.9 Å². The minimum atomic E-state index is 0.869. The molecule has 3 heteroatoms. The predicted molar refractivity (Wildman–Crippen MR) is 100 cm³/mol. The zero-order valence-electron chi connectivity index (χ0n) is 14.0. The number of ether oxygens (including phenoxy) is 1. The van der Waals surface area contributed by atoms with Crippen molar-refractivity contribution in [3.63, 3.8) is 0 Å². The fourth-order valence-electron chi connectivity index (χ4n) is 3.57. The normalized spacial score (nSPS) is 16.0. The van der Waals surface area contributed by atoms with Gasteiger partial charge in [0.15, 0.2) is 0 Å². The Balaban J connectivity index is 1.53. The molecule has 3 nitrogen and oxygen atoms in total. The van der Waals surface area contributed by atoms with Gasteiger partial charge >= 0.3 is 0 Å². The van der Waals surface area contributed by atoms with Crippen molar-refractivity contribution in [1.29, 1.82) is 0 Å². The summed E-state index contributed by atoms with van der Waals surface area (Å²) in [7, 11) is 0. The minimum absolute atomic E-state index is 0.869. The van der Waals surface area contributed by atoms with Gasteiger partial charge in [0, 0.05) is 32.7 Å². The highest BCUT2D eigenvalue weighted by Crippen LogP contribution is 2.28. The van der Waals surface area contributed by atoms with Gasteiger partial charge in [0.25, 0.3) is 0 Å². The molecule has 0 atom stereocenters. The number of hydrogen-bond acceptors (Lipinski definition) is 3. The largest absolute Gasteiger partial charge is 0.379 e. The van der Waals surface area contributed by atoms with Crippen LogP contribution in [0.5, 0.6) is 0 Å². The molecule has 3 aromatic carbocycles. The molecule has 0 aromatic heterocycles. The first-order chi connectivity index (χ1) is 11.9. The highest BCUT2D eigenvalue weighted by Gasteiger charge is 2.10. The van der Waals surface area contributed by atoms with E-state index < -0.39 is 0 Å². The second-order valence-corrected chi connectivity index (χ2v) is 6.43. The number of rotatable bonds is 5. The summed E-state index contributed by atoms with van der Waals surface area (Å²) < 4.78 is 5.41. The smallest absolute Gasteiger partial charge is 0.0594 e. The molecule has 0 saturated carbocycles. The number of nitrogens with one attached hydrogen (secondary N) is 1. The van der Waals surface area contributed by atoms with Gasteiger partial charge in [0.1, 0.15) is 0 Å². The van der Waals surface area contributed by atoms with E-state index in [0.29, 0.717) is 0 Å². The number of benzene rings is 3. The van der Waals surface area contributed by atoms with Crippen molar-refractivity contribution in [2.24, 2.45) is 0 Å². The van der Waals surface area contributed by atoms with Crippen molar-refractivity contribution in [2.45, 2.75) is 6.54 Å². The SMILES string of the molecule is c1ccc2c(CNCCN3CCOCC3)c3ccccc3cc2c1. The van der Waals surface area contributed by atoms with Gasteiger partial charge < -0.3 is 10.1 Å². The zero-order valence-corrected chi connectivity index (χ0v) is 14.0. The van der Waals surface area contributed by atoms with Crippen LogP contribution >= 0.6 is 0 Å². The molecule has 24 heavy (non-hydrogen) atoms. The van der Waals surface area contributed by atoms with Crippen LogP contribution < -0.4 is 5.32 Å². The molecule has 4 rings (SSSR count). The second kappa shape index (κ2) is 7.31. The van der Waals surface area contributed by atoms with E-state index in [1.165, 1.54) is 27.1 Å². The van der Waals surface area contributed by atoms with E-state index in [1.54, 1.807) is 0 Å². The van der Waals surface area contributed by atoms with E-state index in [2.05, 4.69) is 64.8 Å². The highest BCUT2D eigenvalue weighted by atomic mass is 16.5. The quantitative estimate of drug-likeness (QED) is 0.576. The van der Waals surface area contributed by atoms with Gasteiger partial charge in [0.05, 0.1) is 13.2 Å². The Morgan fingerprint density at radius 2 is 1.50 bits per heavy atom. The third-order valence-electron chi connectivity index (χ3n) is 4.89. The summed E-state index contributed by atoms with van der Waals surface area (Å²) in [5.41, 5.74) is 1.41. The van der Waals surface area contributed by atoms with Gasteiger partial charge in [-0.3, -0.25) is 4.90 Å². The molecule has 1 N–H and O–H groups in total. The molecular formula is C21H24N2O. The summed E-state index contributed by atoms with van der Waals surface area (Å²) in [6, 6.07) is 19.7. The maximum Gasteiger partial charge on any atom is 0.0594 e. The molecule has 3 aromatic rings. The molecule has 1 heterocycles. The van der Waals surface area contributed by atoms with Gasteiger partial charge in [0.2, 0.25) is 0 Å². The van der Waals surface area contributed by atoms with Crippen molar-refractivity contribution in [3.05, 3.63) is 60.2 Å². The molecule has 1 fully saturated rings. The summed E-state index contributed by atoms with van der Waals surface area (Å²) in [4.78, 5) is 2.47. The second-order valence-electron chi connectivity index (χ2n) is 6.43. The van der Waals surface area contributed by atoms with E-state index in [9.17, 15) is 0 Å². The molecule has 124 valence electrons. The molecule has 0 bridgehead atoms. The van der Waals surface area contributed by atoms with Crippen LogP contribution in [0.4, 0.5) is 0 Å². The summed E-state index contributed by atoms with van der Waals surface area (Å²) in [6.07, 6.45) is 0. The Morgan fingerprint density at radius 1 is 0.875 bits per heavy atom. The lowest BCUT2D eigenvalue weighted by molar-refractivity contribution is 0.0384. The van der Waals surface area contributed by atoms with Crippen LogP contribution in [0.3, 0.4) is 0 Å². The Kier molecular flexibility index (Phi) is 4.74. The first kappa shape index (κ1) is 15.6. The standard InChI is InChI=1S/C21H24N2O/c1-3-7-19-17(5-1)15-18-6-2-4-8-20(18)21(19)16-22-9-10-23-11-13-24-14-12-23/h1-8,15,22H,9-14,16H2. The molecule has 0 unspecified atom stereocenters. The summed E-state index contributed by atoms with van der Waals surface area (Å²) in [6.45, 7) is 6.86. The Hall–Kier alpha value is -1.94. The van der Waals surface area contributed by atoms with E-state index in [4.69, 9.17) is 4.74 Å². The number of nitrogens with zero attached hydrogens (tertiary/aromatic N) is 1. The molecule has 1 aliphatic heterocycles. The van der Waals surface area contributed by atoms with Crippen LogP contribution in [0, 0.1) is 0 Å². The van der Waals surface area contributed by atoms with Crippen LogP contribution in [0.2, 0.25) is 0 Å². The van der Waals surface area contributed by atoms with Crippen molar-refractivity contribution < 1.29 is 4.74 Å². The van der Waals surface area contributed by atoms with Crippen molar-refractivity contribution in [1.82, 2.24) is 10.2 Å². The lowest BCUT2D eigenvalue weighted by atomic mass is 9.97. The maximum atomic E-state index is 5.41. The van der Waals surface area contributed by atoms with Crippen LogP contribution in [0.15, 0.2) is 54.6 Å². The van der Waals surface area contributed by atoms with E-state index >= 15 is 0 Å². The predicted octanol–water partition coefficient (Wildman–Crippen LogP) is 3.41. The lowest BCUT2D eigenvalue weighted by Gasteiger charge is -2.26. The summed E-state index contributed by atoms with van der Waals surface area (Å²) >= 11 is 0. The molecule has 0 aliphatic carbocycles. The highest BCUT2D eigenvalue weighted by molar-refractivity contribution is 6.02. The lowest BCUT2D eigenvalue weighted by Crippen LogP contribution is -2.40. The van der Waals surface area contributed by atoms with Crippen molar-refractivity contribution >= 4 is 21.5 Å². The van der Waals surface area contributed by atoms with Crippen LogP contribution in [-0.2, 0) is 11.3 Å². The summed E-state index contributed by atoms with van der Waals surface area (Å²) in [5, 5.41) is 9.00. The molecule has 1 aliphatic rings. The molecular weight excluding hydrogens is 296 g/mol. The first-order valence-corrected chi connectivity index (χ1v) is 8.82. The minimum Gasteiger partial charge on any atom is -0.379 e. The molecule has 0 spiro atoms. The van der Waals surface area contributed by atoms with Crippen LogP contribution in [0.1, 0.15) is 5.56 Å². The Morgan fingerprint density at radius 3 is 2.17 bits per heavy atom. The third-order valence-corrected chi connectivity index (χ3v) is 4.89. The topological polar surface area (TPSA) is 24.5 Å². The number of fused-ring (bicyclic) bond motifs is 2. The average Bonchev–Trinajstić information content (AvgIpc) is 2.65. The molecule has 0 amide bonds. The monoisotopic (exact) mass is 320 g/mol. The van der Waals surface area contributed by atoms with Gasteiger partial charge in [-0.1, -0.05) is 48.5 Å². The first-order valence-electron chi connectivity index (χ1n) is 8.82. The third kappa shape index (κ3) is 3.29. The van der Waals surface area contributed by atoms with Gasteiger partial charge in [-0.25, -0.2) is 0 Å². The number of hydrogen-bond donors (Lipinski definition) is 1. The van der Waals surface area contributed by atoms with Gasteiger partial charge in [-0.15, -0.1) is 0 Å². The van der Waals surface area contributed by atoms with Crippen molar-refractivity contribution in [3.8, 4) is 0 Å².